The van der Waals surface area contributed by atoms with Crippen molar-refractivity contribution in [3.8, 4) is 0 Å². The Morgan fingerprint density at radius 1 is 1.36 bits per heavy atom. The van der Waals surface area contributed by atoms with E-state index in [-0.39, 0.29) is 31.3 Å². The summed E-state index contributed by atoms with van der Waals surface area (Å²) in [6, 6.07) is -0.188. The summed E-state index contributed by atoms with van der Waals surface area (Å²) in [5, 5.41) is 22.6. The number of likely N-dealkylation sites (tertiary alicyclic amines) is 1. The number of carbonyl (C=O) groups excluding carboxylic acids is 1. The highest BCUT2D eigenvalue weighted by Gasteiger charge is 2.46. The highest BCUT2D eigenvalue weighted by atomic mass is 16.5. The number of amides is 1. The zero-order valence-corrected chi connectivity index (χ0v) is 13.4. The van der Waals surface area contributed by atoms with Crippen LogP contribution in [-0.2, 0) is 14.3 Å². The van der Waals surface area contributed by atoms with Crippen LogP contribution in [0.5, 0.6) is 0 Å². The smallest absolute Gasteiger partial charge is 0.246 e. The predicted octanol–water partition coefficient (Wildman–Crippen LogP) is -1.03. The van der Waals surface area contributed by atoms with Gasteiger partial charge in [0.15, 0.2) is 0 Å². The minimum absolute atomic E-state index is 0.00456. The number of carbonyl (C=O) groups is 1. The monoisotopic (exact) mass is 316 g/mol. The third-order valence-corrected chi connectivity index (χ3v) is 4.66. The second-order valence-corrected chi connectivity index (χ2v) is 6.33. The summed E-state index contributed by atoms with van der Waals surface area (Å²) in [6.45, 7) is 4.15. The average Bonchev–Trinajstić information content (AvgIpc) is 2.82. The fourth-order valence-electron chi connectivity index (χ4n) is 3.32. The molecule has 128 valence electrons. The molecule has 0 aromatic carbocycles. The normalized spacial score (nSPS) is 34.0. The standard InChI is InChI=1S/C15H28N2O5/c1-10-3-5-17(6-4-10)14-11(7-16-13(19)9-21-2)22-12(8-18)15(14)20/h10-12,14-15,18,20H,3-9H2,1-2H3,(H,16,19). The van der Waals surface area contributed by atoms with E-state index < -0.39 is 12.2 Å². The first-order chi connectivity index (χ1) is 10.6. The summed E-state index contributed by atoms with van der Waals surface area (Å²) in [7, 11) is 1.47. The molecule has 0 bridgehead atoms. The number of hydrogen-bond donors (Lipinski definition) is 3. The van der Waals surface area contributed by atoms with Gasteiger partial charge in [-0.1, -0.05) is 6.92 Å². The number of methoxy groups -OCH3 is 1. The molecule has 2 rings (SSSR count). The van der Waals surface area contributed by atoms with Crippen LogP contribution < -0.4 is 5.32 Å². The highest BCUT2D eigenvalue weighted by molar-refractivity contribution is 5.77. The molecule has 7 nitrogen and oxygen atoms in total. The van der Waals surface area contributed by atoms with Gasteiger partial charge in [-0.15, -0.1) is 0 Å². The van der Waals surface area contributed by atoms with E-state index in [0.29, 0.717) is 12.5 Å². The Balaban J connectivity index is 1.97. The molecule has 2 fully saturated rings. The molecule has 0 saturated carbocycles. The third-order valence-electron chi connectivity index (χ3n) is 4.66. The van der Waals surface area contributed by atoms with E-state index in [1.54, 1.807) is 0 Å². The zero-order chi connectivity index (χ0) is 16.1. The topological polar surface area (TPSA) is 91.3 Å². The van der Waals surface area contributed by atoms with Crippen molar-refractivity contribution in [1.29, 1.82) is 0 Å². The largest absolute Gasteiger partial charge is 0.394 e. The third kappa shape index (κ3) is 4.17. The molecule has 1 amide bonds. The maximum absolute atomic E-state index is 11.5. The number of nitrogens with one attached hydrogen (secondary N) is 1. The van der Waals surface area contributed by atoms with Gasteiger partial charge in [0, 0.05) is 13.7 Å². The maximum Gasteiger partial charge on any atom is 0.246 e. The van der Waals surface area contributed by atoms with Gasteiger partial charge in [-0.3, -0.25) is 9.69 Å². The molecule has 0 aromatic rings. The minimum Gasteiger partial charge on any atom is -0.394 e. The quantitative estimate of drug-likeness (QED) is 0.580. The van der Waals surface area contributed by atoms with Crippen molar-refractivity contribution in [2.75, 3.05) is 40.0 Å². The van der Waals surface area contributed by atoms with E-state index >= 15 is 0 Å². The van der Waals surface area contributed by atoms with E-state index in [9.17, 15) is 15.0 Å². The first-order valence-corrected chi connectivity index (χ1v) is 8.00. The van der Waals surface area contributed by atoms with Gasteiger partial charge >= 0.3 is 0 Å². The number of nitrogens with zero attached hydrogens (tertiary/aromatic N) is 1. The number of aliphatic hydroxyl groups is 2. The van der Waals surface area contributed by atoms with Crippen molar-refractivity contribution in [2.24, 2.45) is 5.92 Å². The molecule has 2 saturated heterocycles. The summed E-state index contributed by atoms with van der Waals surface area (Å²) in [5.74, 6) is 0.489. The first-order valence-electron chi connectivity index (χ1n) is 8.00. The van der Waals surface area contributed by atoms with E-state index in [4.69, 9.17) is 9.47 Å². The number of ether oxygens (including phenoxy) is 2. The van der Waals surface area contributed by atoms with Gasteiger partial charge in [-0.05, 0) is 31.8 Å². The number of piperidine rings is 1. The van der Waals surface area contributed by atoms with Crippen molar-refractivity contribution in [1.82, 2.24) is 10.2 Å². The fraction of sp³-hybridized carbons (Fsp3) is 0.933. The second-order valence-electron chi connectivity index (χ2n) is 6.33. The van der Waals surface area contributed by atoms with Crippen LogP contribution in [-0.4, -0.2) is 85.3 Å². The molecule has 4 unspecified atom stereocenters. The van der Waals surface area contributed by atoms with Gasteiger partial charge in [-0.25, -0.2) is 0 Å². The van der Waals surface area contributed by atoms with Gasteiger partial charge in [0.05, 0.1) is 18.8 Å². The van der Waals surface area contributed by atoms with Crippen molar-refractivity contribution in [2.45, 2.75) is 44.1 Å². The number of aliphatic hydroxyl groups excluding tert-OH is 2. The SMILES string of the molecule is COCC(=O)NCC1OC(CO)C(O)C1N1CCC(C)CC1. The molecular formula is C15H28N2O5. The summed E-state index contributed by atoms with van der Waals surface area (Å²) in [5.41, 5.74) is 0. The molecule has 0 aliphatic carbocycles. The molecule has 22 heavy (non-hydrogen) atoms. The molecule has 2 aliphatic rings. The Morgan fingerprint density at radius 3 is 2.64 bits per heavy atom. The van der Waals surface area contributed by atoms with Gasteiger partial charge in [0.1, 0.15) is 18.8 Å². The Bertz CT molecular complexity index is 360. The molecule has 2 aliphatic heterocycles. The lowest BCUT2D eigenvalue weighted by atomic mass is 9.94. The van der Waals surface area contributed by atoms with E-state index in [1.807, 2.05) is 0 Å². The van der Waals surface area contributed by atoms with Crippen molar-refractivity contribution in [3.05, 3.63) is 0 Å². The van der Waals surface area contributed by atoms with Crippen LogP contribution >= 0.6 is 0 Å². The van der Waals surface area contributed by atoms with Crippen LogP contribution in [0.2, 0.25) is 0 Å². The van der Waals surface area contributed by atoms with Crippen LogP contribution in [0.25, 0.3) is 0 Å². The van der Waals surface area contributed by atoms with Crippen LogP contribution in [0.3, 0.4) is 0 Å². The van der Waals surface area contributed by atoms with Crippen molar-refractivity contribution >= 4 is 5.91 Å². The Morgan fingerprint density at radius 2 is 2.05 bits per heavy atom. The highest BCUT2D eigenvalue weighted by Crippen LogP contribution is 2.29. The van der Waals surface area contributed by atoms with Gasteiger partial charge in [0.2, 0.25) is 5.91 Å². The summed E-state index contributed by atoms with van der Waals surface area (Å²) in [4.78, 5) is 13.8. The lowest BCUT2D eigenvalue weighted by Crippen LogP contribution is -2.53. The molecule has 7 heteroatoms. The van der Waals surface area contributed by atoms with Crippen LogP contribution in [0, 0.1) is 5.92 Å². The van der Waals surface area contributed by atoms with Gasteiger partial charge in [-0.2, -0.15) is 0 Å². The van der Waals surface area contributed by atoms with Crippen LogP contribution in [0.4, 0.5) is 0 Å². The zero-order valence-electron chi connectivity index (χ0n) is 13.4. The summed E-state index contributed by atoms with van der Waals surface area (Å²) >= 11 is 0. The van der Waals surface area contributed by atoms with Crippen molar-refractivity contribution < 1.29 is 24.5 Å². The molecule has 2 heterocycles. The van der Waals surface area contributed by atoms with E-state index in [0.717, 1.165) is 25.9 Å². The van der Waals surface area contributed by atoms with Gasteiger partial charge in [0.25, 0.3) is 0 Å². The lowest BCUT2D eigenvalue weighted by molar-refractivity contribution is -0.125. The second kappa shape index (κ2) is 8.21. The molecule has 4 atom stereocenters. The lowest BCUT2D eigenvalue weighted by Gasteiger charge is -2.38. The maximum atomic E-state index is 11.5. The summed E-state index contributed by atoms with van der Waals surface area (Å²) < 4.78 is 10.5. The molecule has 0 radical (unpaired) electrons. The molecular weight excluding hydrogens is 288 g/mol. The average molecular weight is 316 g/mol. The minimum atomic E-state index is -0.734. The van der Waals surface area contributed by atoms with Crippen molar-refractivity contribution in [3.63, 3.8) is 0 Å². The number of hydrogen-bond acceptors (Lipinski definition) is 6. The van der Waals surface area contributed by atoms with Gasteiger partial charge < -0.3 is 25.0 Å². The van der Waals surface area contributed by atoms with Crippen LogP contribution in [0.15, 0.2) is 0 Å². The van der Waals surface area contributed by atoms with E-state index in [2.05, 4.69) is 17.1 Å². The molecule has 3 N–H and O–H groups in total. The Kier molecular flexibility index (Phi) is 6.58. The molecule has 0 spiro atoms. The van der Waals surface area contributed by atoms with Crippen LogP contribution in [0.1, 0.15) is 19.8 Å². The summed E-state index contributed by atoms with van der Waals surface area (Å²) in [6.07, 6.45) is 0.545. The predicted molar refractivity (Wildman–Crippen MR) is 80.4 cm³/mol. The fourth-order valence-corrected chi connectivity index (χ4v) is 3.32. The number of rotatable bonds is 6. The van der Waals surface area contributed by atoms with E-state index in [1.165, 1.54) is 7.11 Å². The molecule has 0 aromatic heterocycles. The first kappa shape index (κ1) is 17.6. The Labute approximate surface area is 131 Å². The Hall–Kier alpha value is -0.730.